The normalized spacial score (nSPS) is 10.5. The Balaban J connectivity index is 0.00000210. The molecule has 1 aromatic heterocycles. The summed E-state index contributed by atoms with van der Waals surface area (Å²) < 4.78 is 20.6. The molecular formula is C25H30FN6O3+. The minimum atomic E-state index is -0.787. The number of nitrogens with one attached hydrogen (secondary N) is 2. The number of carbonyl (C=O) groups excluding carboxylic acids is 2. The van der Waals surface area contributed by atoms with Crippen LogP contribution in [0.25, 0.3) is 5.69 Å². The van der Waals surface area contributed by atoms with Crippen molar-refractivity contribution >= 4 is 23.4 Å². The Hall–Kier alpha value is -4.17. The lowest BCUT2D eigenvalue weighted by Crippen LogP contribution is -2.26. The van der Waals surface area contributed by atoms with Gasteiger partial charge in [0.05, 0.1) is 0 Å². The molecule has 0 atom stereocenters. The first-order valence-electron chi connectivity index (χ1n) is 11.2. The molecular weight excluding hydrogens is 451 g/mol. The Bertz CT molecular complexity index is 1220. The summed E-state index contributed by atoms with van der Waals surface area (Å²) in [6.07, 6.45) is 0.440. The van der Waals surface area contributed by atoms with E-state index in [1.807, 2.05) is 20.8 Å². The zero-order valence-corrected chi connectivity index (χ0v) is 20.7. The molecule has 0 aliphatic carbocycles. The van der Waals surface area contributed by atoms with Gasteiger partial charge in [-0.05, 0) is 69.3 Å². The smallest absolute Gasteiger partial charge is 0.359 e. The van der Waals surface area contributed by atoms with E-state index in [-0.39, 0.29) is 11.5 Å². The molecule has 0 saturated carbocycles. The average molecular weight is 482 g/mol. The van der Waals surface area contributed by atoms with E-state index in [0.29, 0.717) is 29.2 Å². The molecule has 0 bridgehead atoms. The molecule has 2 aromatic carbocycles. The van der Waals surface area contributed by atoms with Crippen LogP contribution in [0.15, 0.2) is 53.6 Å². The number of rotatable bonds is 6. The van der Waals surface area contributed by atoms with Gasteiger partial charge in [0.2, 0.25) is 4.91 Å². The second-order valence-corrected chi connectivity index (χ2v) is 8.09. The molecule has 10 heteroatoms. The molecule has 2 N–H and O–H groups in total. The van der Waals surface area contributed by atoms with Crippen LogP contribution < -0.4 is 10.2 Å². The maximum absolute atomic E-state index is 13.5. The Morgan fingerprint density at radius 1 is 1.11 bits per heavy atom. The number of aryl methyl sites for hydroxylation is 1. The maximum atomic E-state index is 13.5. The van der Waals surface area contributed by atoms with Gasteiger partial charge in [0.25, 0.3) is 5.91 Å². The van der Waals surface area contributed by atoms with Crippen LogP contribution in [0.1, 0.15) is 68.2 Å². The number of aromatic nitrogens is 2. The van der Waals surface area contributed by atoms with Gasteiger partial charge in [-0.25, -0.2) is 14.2 Å². The predicted octanol–water partition coefficient (Wildman–Crippen LogP) is 5.99. The minimum absolute atomic E-state index is 0.0290. The first-order chi connectivity index (χ1) is 16.6. The summed E-state index contributed by atoms with van der Waals surface area (Å²) in [4.78, 5) is 33.5. The van der Waals surface area contributed by atoms with Crippen molar-refractivity contribution in [1.29, 1.82) is 5.53 Å². The van der Waals surface area contributed by atoms with Crippen molar-refractivity contribution in [1.82, 2.24) is 14.5 Å². The Morgan fingerprint density at radius 3 is 2.23 bits per heavy atom. The first kappa shape index (κ1) is 27.1. The van der Waals surface area contributed by atoms with Gasteiger partial charge in [0.15, 0.2) is 22.3 Å². The second kappa shape index (κ2) is 11.8. The fourth-order valence-electron chi connectivity index (χ4n) is 3.09. The highest BCUT2D eigenvalue weighted by Gasteiger charge is 2.29. The fourth-order valence-corrected chi connectivity index (χ4v) is 3.09. The van der Waals surface area contributed by atoms with Gasteiger partial charge in [-0.1, -0.05) is 20.8 Å². The number of carbonyl (C=O) groups is 2. The number of hydrogen-bond donors (Lipinski definition) is 2. The van der Waals surface area contributed by atoms with Crippen molar-refractivity contribution < 1.29 is 18.7 Å². The van der Waals surface area contributed by atoms with Crippen molar-refractivity contribution in [2.75, 3.05) is 5.32 Å². The highest BCUT2D eigenvalue weighted by molar-refractivity contribution is 6.07. The number of ether oxygens (including phenoxy) is 1. The third kappa shape index (κ3) is 6.91. The lowest BCUT2D eigenvalue weighted by molar-refractivity contribution is 0.00615. The Labute approximate surface area is 203 Å². The van der Waals surface area contributed by atoms with Crippen LogP contribution in [0, 0.1) is 11.3 Å². The molecule has 0 aliphatic heterocycles. The lowest BCUT2D eigenvalue weighted by atomic mass is 10.2. The molecule has 9 nitrogen and oxygen atoms in total. The van der Waals surface area contributed by atoms with Crippen molar-refractivity contribution in [3.63, 3.8) is 0 Å². The summed E-state index contributed by atoms with van der Waals surface area (Å²) in [5.41, 5.74) is 7.24. The molecule has 35 heavy (non-hydrogen) atoms. The van der Waals surface area contributed by atoms with E-state index in [1.165, 1.54) is 48.5 Å². The molecule has 0 saturated heterocycles. The standard InChI is InChI=1S/C23H23FN6O3.C2H6/c1-5-18-26-20(27-21(31)14-6-10-16(11-7-14)28-29-25)19(22(32)33-23(2,3)4)30(18)17-12-8-15(24)9-13-17;1-2/h6-13H,5H2,1-4H3,(H-,25,27,28,31,32);1-2H3/p+1. The van der Waals surface area contributed by atoms with Crippen molar-refractivity contribution in [3.05, 3.63) is 71.4 Å². The van der Waals surface area contributed by atoms with Gasteiger partial charge in [0, 0.05) is 17.7 Å². The molecule has 3 rings (SSSR count). The number of hydrogen-bond acceptors (Lipinski definition) is 6. The minimum Gasteiger partial charge on any atom is -0.455 e. The van der Waals surface area contributed by atoms with Crippen LogP contribution in [0.5, 0.6) is 0 Å². The van der Waals surface area contributed by atoms with E-state index in [0.717, 1.165) is 0 Å². The third-order valence-corrected chi connectivity index (χ3v) is 4.47. The number of halogens is 1. The molecule has 3 aromatic rings. The average Bonchev–Trinajstić information content (AvgIpc) is 3.18. The summed E-state index contributed by atoms with van der Waals surface area (Å²) in [6, 6.07) is 11.7. The van der Waals surface area contributed by atoms with Crippen LogP contribution in [-0.4, -0.2) is 27.0 Å². The number of benzene rings is 2. The van der Waals surface area contributed by atoms with Gasteiger partial charge in [0.1, 0.15) is 22.8 Å². The Kier molecular flexibility index (Phi) is 9.13. The SMILES string of the molecule is CC.CCc1nc(NC(=O)c2ccc(N=[N+]=N)cc2)c(C(=O)OC(C)(C)C)n1-c1ccc(F)cc1. The predicted molar refractivity (Wildman–Crippen MR) is 131 cm³/mol. The van der Waals surface area contributed by atoms with Crippen LogP contribution in [0.2, 0.25) is 0 Å². The quantitative estimate of drug-likeness (QED) is 0.255. The van der Waals surface area contributed by atoms with Crippen LogP contribution in [-0.2, 0) is 11.2 Å². The largest absolute Gasteiger partial charge is 0.455 e. The van der Waals surface area contributed by atoms with Crippen molar-refractivity contribution in [2.24, 2.45) is 5.11 Å². The molecule has 0 aliphatic rings. The molecule has 0 fully saturated rings. The van der Waals surface area contributed by atoms with E-state index in [4.69, 9.17) is 10.3 Å². The molecule has 1 amide bonds. The zero-order chi connectivity index (χ0) is 26.2. The van der Waals surface area contributed by atoms with Gasteiger partial charge in [-0.3, -0.25) is 9.36 Å². The number of amides is 1. The summed E-state index contributed by atoms with van der Waals surface area (Å²) in [5, 5.41) is 6.27. The molecule has 0 spiro atoms. The monoisotopic (exact) mass is 481 g/mol. The van der Waals surface area contributed by atoms with E-state index in [1.54, 1.807) is 25.3 Å². The highest BCUT2D eigenvalue weighted by atomic mass is 19.1. The highest BCUT2D eigenvalue weighted by Crippen LogP contribution is 2.26. The maximum Gasteiger partial charge on any atom is 0.359 e. The number of nitrogens with zero attached hydrogens (tertiary/aromatic N) is 4. The molecule has 184 valence electrons. The zero-order valence-electron chi connectivity index (χ0n) is 20.7. The van der Waals surface area contributed by atoms with Crippen molar-refractivity contribution in [3.8, 4) is 5.69 Å². The number of anilines is 1. The second-order valence-electron chi connectivity index (χ2n) is 8.09. The van der Waals surface area contributed by atoms with E-state index >= 15 is 0 Å². The van der Waals surface area contributed by atoms with Gasteiger partial charge in [-0.15, -0.1) is 0 Å². The number of esters is 1. The number of imidazole rings is 1. The molecule has 0 unspecified atom stereocenters. The van der Waals surface area contributed by atoms with Crippen LogP contribution >= 0.6 is 0 Å². The van der Waals surface area contributed by atoms with Crippen LogP contribution in [0.3, 0.4) is 0 Å². The van der Waals surface area contributed by atoms with Gasteiger partial charge >= 0.3 is 5.97 Å². The molecule has 0 radical (unpaired) electrons. The first-order valence-corrected chi connectivity index (χ1v) is 11.2. The topological polar surface area (TPSA) is 124 Å². The summed E-state index contributed by atoms with van der Waals surface area (Å²) in [6.45, 7) is 11.1. The van der Waals surface area contributed by atoms with Crippen molar-refractivity contribution in [2.45, 2.75) is 53.6 Å². The summed E-state index contributed by atoms with van der Waals surface area (Å²) >= 11 is 0. The third-order valence-electron chi connectivity index (χ3n) is 4.47. The summed E-state index contributed by atoms with van der Waals surface area (Å²) in [7, 11) is 0. The summed E-state index contributed by atoms with van der Waals surface area (Å²) in [5.74, 6) is -1.08. The Morgan fingerprint density at radius 2 is 1.71 bits per heavy atom. The van der Waals surface area contributed by atoms with Gasteiger partial charge in [-0.2, -0.15) is 0 Å². The lowest BCUT2D eigenvalue weighted by Gasteiger charge is -2.21. The molecule has 1 heterocycles. The fraction of sp³-hybridized carbons (Fsp3) is 0.320. The van der Waals surface area contributed by atoms with E-state index in [2.05, 4.69) is 20.3 Å². The van der Waals surface area contributed by atoms with E-state index < -0.39 is 23.3 Å². The van der Waals surface area contributed by atoms with E-state index in [9.17, 15) is 14.0 Å². The van der Waals surface area contributed by atoms with Crippen LogP contribution in [0.4, 0.5) is 15.9 Å². The van der Waals surface area contributed by atoms with Gasteiger partial charge < -0.3 is 10.1 Å².